The quantitative estimate of drug-likeness (QED) is 0.194. The first-order valence-corrected chi connectivity index (χ1v) is 18.7. The molecule has 0 radical (unpaired) electrons. The van der Waals surface area contributed by atoms with E-state index in [-0.39, 0.29) is 58.8 Å². The zero-order valence-corrected chi connectivity index (χ0v) is 30.7. The molecule has 1 aromatic rings. The minimum absolute atomic E-state index is 0.0333. The number of carbonyl (C=O) groups is 3. The fourth-order valence-electron chi connectivity index (χ4n) is 13.2. The highest BCUT2D eigenvalue weighted by Gasteiger charge is 2.72. The molecule has 6 heteroatoms. The number of carbonyl (C=O) groups excluding carboxylic acids is 3. The molecule has 0 heterocycles. The third-order valence-electron chi connectivity index (χ3n) is 15.6. The summed E-state index contributed by atoms with van der Waals surface area (Å²) in [6.45, 7) is 20.5. The zero-order chi connectivity index (χ0) is 34.7. The lowest BCUT2D eigenvalue weighted by molar-refractivity contribution is -0.256. The van der Waals surface area contributed by atoms with Crippen molar-refractivity contribution in [2.24, 2.45) is 56.7 Å². The minimum atomic E-state index is -0.437. The van der Waals surface area contributed by atoms with Crippen LogP contribution in [0.1, 0.15) is 118 Å². The molecule has 264 valence electrons. The lowest BCUT2D eigenvalue weighted by Gasteiger charge is -2.73. The number of ketones is 1. The Labute approximate surface area is 289 Å². The first-order valence-electron chi connectivity index (χ1n) is 18.7. The fraction of sp³-hybridized carbons (Fsp3) is 0.738. The summed E-state index contributed by atoms with van der Waals surface area (Å²) in [5.41, 5.74) is 1.80. The molecule has 0 N–H and O–H groups in total. The molecule has 5 saturated carbocycles. The van der Waals surface area contributed by atoms with Gasteiger partial charge in [-0.1, -0.05) is 70.2 Å². The maximum atomic E-state index is 14.4. The first kappa shape index (κ1) is 35.4. The van der Waals surface area contributed by atoms with Crippen molar-refractivity contribution in [3.05, 3.63) is 48.0 Å². The van der Waals surface area contributed by atoms with Crippen LogP contribution in [0, 0.1) is 56.7 Å². The van der Waals surface area contributed by atoms with Crippen molar-refractivity contribution in [2.75, 3.05) is 13.2 Å². The third-order valence-corrected chi connectivity index (χ3v) is 15.6. The van der Waals surface area contributed by atoms with Gasteiger partial charge >= 0.3 is 11.9 Å². The molecule has 0 aliphatic heterocycles. The summed E-state index contributed by atoms with van der Waals surface area (Å²) in [6.07, 6.45) is 9.91. The van der Waals surface area contributed by atoms with Crippen LogP contribution in [0.15, 0.2) is 42.5 Å². The van der Waals surface area contributed by atoms with E-state index in [2.05, 4.69) is 53.3 Å². The van der Waals surface area contributed by atoms with Gasteiger partial charge in [0.25, 0.3) is 0 Å². The summed E-state index contributed by atoms with van der Waals surface area (Å²) < 4.78 is 17.9. The van der Waals surface area contributed by atoms with E-state index >= 15 is 0 Å². The Bertz CT molecular complexity index is 1420. The van der Waals surface area contributed by atoms with E-state index in [1.165, 1.54) is 19.4 Å². The number of ether oxygens (including phenoxy) is 3. The smallest absolute Gasteiger partial charge is 0.302 e. The second-order valence-corrected chi connectivity index (χ2v) is 17.7. The van der Waals surface area contributed by atoms with Crippen LogP contribution >= 0.6 is 0 Å². The predicted octanol–water partition coefficient (Wildman–Crippen LogP) is 8.90. The molecular formula is C42H60O6. The fourth-order valence-corrected chi connectivity index (χ4v) is 13.2. The molecule has 48 heavy (non-hydrogen) atoms. The summed E-state index contributed by atoms with van der Waals surface area (Å²) in [4.78, 5) is 38.7. The summed E-state index contributed by atoms with van der Waals surface area (Å²) in [5, 5.41) is 0. The maximum absolute atomic E-state index is 14.4. The number of hydrogen-bond acceptors (Lipinski definition) is 6. The highest BCUT2D eigenvalue weighted by Crippen LogP contribution is 2.77. The number of esters is 2. The average Bonchev–Trinajstić information content (AvgIpc) is 3.44. The Hall–Kier alpha value is -2.47. The minimum Gasteiger partial charge on any atom is -0.465 e. The number of allylic oxidation sites excluding steroid dienone is 1. The molecule has 0 saturated heterocycles. The van der Waals surface area contributed by atoms with Crippen molar-refractivity contribution >= 4 is 17.7 Å². The summed E-state index contributed by atoms with van der Waals surface area (Å²) in [7, 11) is 0. The Morgan fingerprint density at radius 2 is 1.52 bits per heavy atom. The third kappa shape index (κ3) is 5.42. The largest absolute Gasteiger partial charge is 0.465 e. The monoisotopic (exact) mass is 660 g/mol. The maximum Gasteiger partial charge on any atom is 0.302 e. The van der Waals surface area contributed by atoms with Gasteiger partial charge in [0.2, 0.25) is 0 Å². The van der Waals surface area contributed by atoms with Crippen molar-refractivity contribution in [1.29, 1.82) is 0 Å². The molecule has 6 nitrogen and oxygen atoms in total. The van der Waals surface area contributed by atoms with Gasteiger partial charge in [-0.15, -0.1) is 0 Å². The van der Waals surface area contributed by atoms with E-state index in [1.807, 2.05) is 18.2 Å². The molecule has 5 aliphatic carbocycles. The van der Waals surface area contributed by atoms with Crippen LogP contribution in [-0.4, -0.2) is 37.0 Å². The molecule has 5 aliphatic rings. The van der Waals surface area contributed by atoms with E-state index in [4.69, 9.17) is 14.2 Å². The van der Waals surface area contributed by atoms with Crippen molar-refractivity contribution in [1.82, 2.24) is 0 Å². The molecular weight excluding hydrogens is 600 g/mol. The molecule has 0 aromatic heterocycles. The lowest BCUT2D eigenvalue weighted by atomic mass is 9.32. The van der Waals surface area contributed by atoms with Crippen molar-refractivity contribution in [3.8, 4) is 0 Å². The van der Waals surface area contributed by atoms with E-state index < -0.39 is 5.41 Å². The number of Topliss-reactive ketones (excluding diaryl/α,β-unsaturated/α-hetero) is 1. The normalized spacial score (nSPS) is 43.1. The summed E-state index contributed by atoms with van der Waals surface area (Å²) >= 11 is 0. The van der Waals surface area contributed by atoms with Gasteiger partial charge < -0.3 is 14.2 Å². The number of rotatable bonds is 9. The second-order valence-electron chi connectivity index (χ2n) is 17.7. The Kier molecular flexibility index (Phi) is 9.35. The van der Waals surface area contributed by atoms with Gasteiger partial charge in [-0.2, -0.15) is 0 Å². The Morgan fingerprint density at radius 1 is 0.792 bits per heavy atom. The molecule has 0 bridgehead atoms. The number of benzene rings is 1. The van der Waals surface area contributed by atoms with Gasteiger partial charge in [-0.3, -0.25) is 14.4 Å². The lowest BCUT2D eigenvalue weighted by Crippen LogP contribution is -2.68. The SMILES string of the molecule is C=C(C)C1CC[C@]2(C(=O)COCc3ccccc3)CC[C@]3(C)C(CCC4[C@@]5(C)CC[C@H](OC(C)=O)[C@@](C)(COC(C)=O)C5CC[C@]43C)C12. The summed E-state index contributed by atoms with van der Waals surface area (Å²) in [5.74, 6) is 1.67. The van der Waals surface area contributed by atoms with Crippen molar-refractivity contribution in [2.45, 2.75) is 125 Å². The van der Waals surface area contributed by atoms with Crippen LogP contribution in [0.3, 0.4) is 0 Å². The van der Waals surface area contributed by atoms with E-state index in [0.717, 1.165) is 69.8 Å². The number of hydrogen-bond donors (Lipinski definition) is 0. The Morgan fingerprint density at radius 3 is 2.19 bits per heavy atom. The highest BCUT2D eigenvalue weighted by molar-refractivity contribution is 5.87. The van der Waals surface area contributed by atoms with Gasteiger partial charge in [0, 0.05) is 24.7 Å². The molecule has 11 atom stereocenters. The second kappa shape index (κ2) is 12.7. The van der Waals surface area contributed by atoms with Gasteiger partial charge in [-0.25, -0.2) is 0 Å². The molecule has 0 amide bonds. The van der Waals surface area contributed by atoms with Gasteiger partial charge in [0.05, 0.1) is 6.61 Å². The molecule has 5 unspecified atom stereocenters. The van der Waals surface area contributed by atoms with Crippen molar-refractivity contribution < 1.29 is 28.6 Å². The Balaban J connectivity index is 1.30. The first-order chi connectivity index (χ1) is 22.6. The highest BCUT2D eigenvalue weighted by atomic mass is 16.6. The standard InChI is InChI=1S/C42H60O6/c1-27(2)31-16-21-42(35(45)25-46-24-30-12-10-9-11-13-30)23-22-40(7)32(37(31)42)14-15-34-38(5)19-18-36(48-29(4)44)39(6,26-47-28(3)43)33(38)17-20-41(34,40)8/h9-13,31-34,36-37H,1,14-26H2,2-8H3/t31?,32?,33?,34?,36-,37?,38-,39-,40+,41+,42+/m0/s1. The van der Waals surface area contributed by atoms with Crippen LogP contribution in [0.25, 0.3) is 0 Å². The van der Waals surface area contributed by atoms with Crippen LogP contribution in [0.5, 0.6) is 0 Å². The molecule has 5 fully saturated rings. The van der Waals surface area contributed by atoms with Crippen LogP contribution in [0.2, 0.25) is 0 Å². The van der Waals surface area contributed by atoms with Crippen molar-refractivity contribution in [3.63, 3.8) is 0 Å². The van der Waals surface area contributed by atoms with E-state index in [1.54, 1.807) is 0 Å². The number of fused-ring (bicyclic) bond motifs is 7. The van der Waals surface area contributed by atoms with Crippen LogP contribution in [-0.2, 0) is 35.2 Å². The van der Waals surface area contributed by atoms with Crippen LogP contribution < -0.4 is 0 Å². The molecule has 6 rings (SSSR count). The predicted molar refractivity (Wildman–Crippen MR) is 187 cm³/mol. The molecule has 1 aromatic carbocycles. The molecule has 0 spiro atoms. The topological polar surface area (TPSA) is 78.9 Å². The van der Waals surface area contributed by atoms with Gasteiger partial charge in [0.1, 0.15) is 19.3 Å². The average molecular weight is 661 g/mol. The summed E-state index contributed by atoms with van der Waals surface area (Å²) in [6, 6.07) is 10.1. The zero-order valence-electron chi connectivity index (χ0n) is 30.7. The van der Waals surface area contributed by atoms with Crippen LogP contribution in [0.4, 0.5) is 0 Å². The van der Waals surface area contributed by atoms with Gasteiger partial charge in [0.15, 0.2) is 5.78 Å². The van der Waals surface area contributed by atoms with E-state index in [0.29, 0.717) is 36.1 Å². The van der Waals surface area contributed by atoms with Gasteiger partial charge in [-0.05, 0) is 123 Å². The van der Waals surface area contributed by atoms with E-state index in [9.17, 15) is 14.4 Å².